The van der Waals surface area contributed by atoms with Gasteiger partial charge < -0.3 is 9.30 Å². The zero-order chi connectivity index (χ0) is 15.0. The highest BCUT2D eigenvalue weighted by molar-refractivity contribution is 7.09. The van der Waals surface area contributed by atoms with Crippen LogP contribution in [0.1, 0.15) is 29.5 Å². The lowest BCUT2D eigenvalue weighted by Crippen LogP contribution is -2.10. The Bertz CT molecular complexity index is 784. The van der Waals surface area contributed by atoms with E-state index in [0.717, 1.165) is 16.5 Å². The van der Waals surface area contributed by atoms with Crippen LogP contribution in [0.2, 0.25) is 0 Å². The number of rotatable bonds is 4. The topological polar surface area (TPSA) is 65.7 Å². The van der Waals surface area contributed by atoms with Crippen LogP contribution in [0, 0.1) is 6.92 Å². The van der Waals surface area contributed by atoms with Gasteiger partial charge >= 0.3 is 0 Å². The molecule has 3 heterocycles. The lowest BCUT2D eigenvalue weighted by Gasteiger charge is -2.13. The lowest BCUT2D eigenvalue weighted by molar-refractivity contribution is 0.401. The summed E-state index contributed by atoms with van der Waals surface area (Å²) >= 11 is 7.66. The number of imidazole rings is 1. The van der Waals surface area contributed by atoms with Gasteiger partial charge in [0.05, 0.1) is 19.0 Å². The van der Waals surface area contributed by atoms with Gasteiger partial charge in [-0.05, 0) is 13.8 Å². The fourth-order valence-electron chi connectivity index (χ4n) is 2.26. The number of aromatic nitrogens is 5. The molecule has 0 saturated heterocycles. The molecule has 0 fully saturated rings. The molecule has 0 aliphatic rings. The first kappa shape index (κ1) is 14.2. The van der Waals surface area contributed by atoms with E-state index in [-0.39, 0.29) is 11.9 Å². The van der Waals surface area contributed by atoms with Crippen molar-refractivity contribution < 1.29 is 4.74 Å². The van der Waals surface area contributed by atoms with Crippen LogP contribution in [0.5, 0.6) is 5.88 Å². The van der Waals surface area contributed by atoms with Crippen LogP contribution in [-0.4, -0.2) is 31.6 Å². The summed E-state index contributed by atoms with van der Waals surface area (Å²) in [6.07, 6.45) is 1.47. The summed E-state index contributed by atoms with van der Waals surface area (Å²) < 4.78 is 7.24. The van der Waals surface area contributed by atoms with Gasteiger partial charge in [-0.15, -0.1) is 22.9 Å². The van der Waals surface area contributed by atoms with Crippen LogP contribution < -0.4 is 4.74 Å². The molecule has 0 amide bonds. The molecule has 0 aromatic carbocycles. The Balaban J connectivity index is 2.21. The molecule has 0 N–H and O–H groups in total. The molecule has 110 valence electrons. The highest BCUT2D eigenvalue weighted by atomic mass is 35.5. The maximum absolute atomic E-state index is 6.05. The molecule has 1 atom stereocenters. The van der Waals surface area contributed by atoms with Gasteiger partial charge in [-0.1, -0.05) is 0 Å². The van der Waals surface area contributed by atoms with E-state index in [9.17, 15) is 0 Å². The summed E-state index contributed by atoms with van der Waals surface area (Å²) in [4.78, 5) is 17.5. The number of alkyl halides is 1. The van der Waals surface area contributed by atoms with Gasteiger partial charge in [-0.25, -0.2) is 15.0 Å². The summed E-state index contributed by atoms with van der Waals surface area (Å²) in [5.74, 6) is 1.47. The van der Waals surface area contributed by atoms with Crippen LogP contribution >= 0.6 is 22.9 Å². The van der Waals surface area contributed by atoms with Crippen molar-refractivity contribution in [2.24, 2.45) is 0 Å². The average Bonchev–Trinajstić information content (AvgIpc) is 3.09. The molecule has 0 saturated carbocycles. The molecular formula is C13H14ClN5OS. The fraction of sp³-hybridized carbons (Fsp3) is 0.385. The molecule has 0 aliphatic heterocycles. The van der Waals surface area contributed by atoms with Crippen molar-refractivity contribution in [1.29, 1.82) is 0 Å². The van der Waals surface area contributed by atoms with E-state index in [1.54, 1.807) is 18.4 Å². The zero-order valence-electron chi connectivity index (χ0n) is 11.9. The van der Waals surface area contributed by atoms with Crippen LogP contribution in [-0.2, 0) is 5.88 Å². The first-order valence-corrected chi connectivity index (χ1v) is 7.81. The monoisotopic (exact) mass is 323 g/mol. The number of ether oxygens (including phenoxy) is 1. The normalized spacial score (nSPS) is 12.8. The minimum Gasteiger partial charge on any atom is -0.479 e. The van der Waals surface area contributed by atoms with Gasteiger partial charge in [-0.2, -0.15) is 4.98 Å². The van der Waals surface area contributed by atoms with Crippen molar-refractivity contribution in [1.82, 2.24) is 24.5 Å². The number of nitrogens with zero attached hydrogens (tertiary/aromatic N) is 5. The Morgan fingerprint density at radius 2 is 2.19 bits per heavy atom. The number of halogens is 1. The van der Waals surface area contributed by atoms with Gasteiger partial charge in [0.1, 0.15) is 17.2 Å². The molecule has 3 rings (SSSR count). The second kappa shape index (κ2) is 5.57. The van der Waals surface area contributed by atoms with Crippen LogP contribution in [0.25, 0.3) is 11.2 Å². The van der Waals surface area contributed by atoms with E-state index in [1.165, 1.54) is 6.33 Å². The predicted octanol–water partition coefficient (Wildman–Crippen LogP) is 2.95. The van der Waals surface area contributed by atoms with Crippen LogP contribution in [0.3, 0.4) is 0 Å². The number of hydrogen-bond donors (Lipinski definition) is 0. The van der Waals surface area contributed by atoms with E-state index >= 15 is 0 Å². The van der Waals surface area contributed by atoms with Crippen molar-refractivity contribution in [2.75, 3.05) is 7.11 Å². The predicted molar refractivity (Wildman–Crippen MR) is 82.1 cm³/mol. The first-order valence-electron chi connectivity index (χ1n) is 6.39. The number of hydrogen-bond acceptors (Lipinski definition) is 6. The summed E-state index contributed by atoms with van der Waals surface area (Å²) in [6, 6.07) is 0.00190. The van der Waals surface area contributed by atoms with Gasteiger partial charge in [0.15, 0.2) is 11.2 Å². The third-order valence-corrected chi connectivity index (χ3v) is 4.58. The molecule has 0 bridgehead atoms. The molecular weight excluding hydrogens is 310 g/mol. The number of methoxy groups -OCH3 is 1. The van der Waals surface area contributed by atoms with Crippen molar-refractivity contribution in [3.63, 3.8) is 0 Å². The zero-order valence-corrected chi connectivity index (χ0v) is 13.4. The highest BCUT2D eigenvalue weighted by Crippen LogP contribution is 2.30. The van der Waals surface area contributed by atoms with Gasteiger partial charge in [0, 0.05) is 11.1 Å². The van der Waals surface area contributed by atoms with Gasteiger partial charge in [0.2, 0.25) is 5.88 Å². The van der Waals surface area contributed by atoms with E-state index in [4.69, 9.17) is 16.3 Å². The minimum absolute atomic E-state index is 0.00190. The third kappa shape index (κ3) is 2.36. The molecule has 3 aromatic heterocycles. The number of aryl methyl sites for hydroxylation is 1. The third-order valence-electron chi connectivity index (χ3n) is 3.21. The lowest BCUT2D eigenvalue weighted by atomic mass is 10.3. The fourth-order valence-corrected chi connectivity index (χ4v) is 3.29. The Morgan fingerprint density at radius 1 is 1.38 bits per heavy atom. The maximum Gasteiger partial charge on any atom is 0.245 e. The maximum atomic E-state index is 6.05. The summed E-state index contributed by atoms with van der Waals surface area (Å²) in [6.45, 7) is 4.04. The number of thiazole rings is 1. The van der Waals surface area contributed by atoms with Crippen LogP contribution in [0.15, 0.2) is 11.7 Å². The molecule has 1 unspecified atom stereocenters. The van der Waals surface area contributed by atoms with Crippen molar-refractivity contribution >= 4 is 34.1 Å². The van der Waals surface area contributed by atoms with E-state index in [2.05, 4.69) is 26.9 Å². The summed E-state index contributed by atoms with van der Waals surface area (Å²) in [5, 5.41) is 3.02. The largest absolute Gasteiger partial charge is 0.479 e. The summed E-state index contributed by atoms with van der Waals surface area (Å²) in [7, 11) is 1.56. The summed E-state index contributed by atoms with van der Waals surface area (Å²) in [5.41, 5.74) is 2.33. The van der Waals surface area contributed by atoms with Gasteiger partial charge in [-0.3, -0.25) is 0 Å². The second-order valence-electron chi connectivity index (χ2n) is 4.59. The number of fused-ring (bicyclic) bond motifs is 1. The SMILES string of the molecule is COc1ncnc2c1nc(CCl)n2C(C)c1nc(C)cs1. The Labute approximate surface area is 130 Å². The van der Waals surface area contributed by atoms with Gasteiger partial charge in [0.25, 0.3) is 0 Å². The first-order chi connectivity index (χ1) is 10.2. The highest BCUT2D eigenvalue weighted by Gasteiger charge is 2.22. The molecule has 0 aliphatic carbocycles. The molecule has 0 spiro atoms. The average molecular weight is 324 g/mol. The molecule has 0 radical (unpaired) electrons. The Kier molecular flexibility index (Phi) is 3.77. The van der Waals surface area contributed by atoms with E-state index in [0.29, 0.717) is 17.0 Å². The van der Waals surface area contributed by atoms with E-state index in [1.807, 2.05) is 16.9 Å². The molecule has 8 heteroatoms. The Hall–Kier alpha value is -1.73. The molecule has 21 heavy (non-hydrogen) atoms. The standard InChI is InChI=1S/C13H14ClN5OS/c1-7-5-21-13(17-7)8(2)19-9(4-14)18-10-11(19)15-6-16-12(10)20-3/h5-6,8H,4H2,1-3H3. The van der Waals surface area contributed by atoms with Crippen molar-refractivity contribution in [3.8, 4) is 5.88 Å². The van der Waals surface area contributed by atoms with Crippen molar-refractivity contribution in [3.05, 3.63) is 28.2 Å². The molecule has 3 aromatic rings. The smallest absolute Gasteiger partial charge is 0.245 e. The minimum atomic E-state index is 0.00190. The van der Waals surface area contributed by atoms with Crippen molar-refractivity contribution in [2.45, 2.75) is 25.8 Å². The Morgan fingerprint density at radius 3 is 2.81 bits per heavy atom. The van der Waals surface area contributed by atoms with E-state index < -0.39 is 0 Å². The quantitative estimate of drug-likeness (QED) is 0.691. The second-order valence-corrected chi connectivity index (χ2v) is 5.75. The van der Waals surface area contributed by atoms with Crippen LogP contribution in [0.4, 0.5) is 0 Å². The molecule has 6 nitrogen and oxygen atoms in total.